The SMILES string of the molecule is CCCCCC/C=C\CCCCCCCC(=O)OCCCCCCCCCCCCCCCCCCCCCCCCC(=O)NC(CO)C(O)CCCCCCCCCCCCCCCCCCCCCCC. The van der Waals surface area contributed by atoms with E-state index in [2.05, 4.69) is 31.3 Å². The lowest BCUT2D eigenvalue weighted by molar-refractivity contribution is -0.143. The molecule has 0 aliphatic rings. The number of hydrogen-bond acceptors (Lipinski definition) is 5. The highest BCUT2D eigenvalue weighted by atomic mass is 16.5. The number of aliphatic hydroxyl groups excluding tert-OH is 2. The van der Waals surface area contributed by atoms with Crippen molar-refractivity contribution >= 4 is 11.9 Å². The Kier molecular flexibility index (Phi) is 61.9. The zero-order chi connectivity index (χ0) is 52.9. The highest BCUT2D eigenvalue weighted by molar-refractivity contribution is 5.76. The van der Waals surface area contributed by atoms with Crippen molar-refractivity contribution in [2.45, 2.75) is 392 Å². The lowest BCUT2D eigenvalue weighted by Gasteiger charge is -2.22. The summed E-state index contributed by atoms with van der Waals surface area (Å²) >= 11 is 0. The van der Waals surface area contributed by atoms with Crippen LogP contribution in [0, 0.1) is 0 Å². The molecule has 3 N–H and O–H groups in total. The number of nitrogens with one attached hydrogen (secondary N) is 1. The van der Waals surface area contributed by atoms with Crippen LogP contribution in [-0.4, -0.2) is 47.4 Å². The molecule has 2 atom stereocenters. The molecule has 0 aliphatic heterocycles. The van der Waals surface area contributed by atoms with Gasteiger partial charge in [-0.05, 0) is 51.4 Å². The third-order valence-corrected chi connectivity index (χ3v) is 15.8. The summed E-state index contributed by atoms with van der Waals surface area (Å²) in [5.41, 5.74) is 0. The molecule has 1 amide bonds. The second-order valence-corrected chi connectivity index (χ2v) is 23.2. The van der Waals surface area contributed by atoms with Gasteiger partial charge in [0.15, 0.2) is 0 Å². The molecule has 0 heterocycles. The minimum Gasteiger partial charge on any atom is -0.466 e. The fourth-order valence-electron chi connectivity index (χ4n) is 10.7. The Bertz CT molecular complexity index is 1100. The van der Waals surface area contributed by atoms with Crippen molar-refractivity contribution in [2.24, 2.45) is 0 Å². The molecule has 73 heavy (non-hydrogen) atoms. The van der Waals surface area contributed by atoms with Crippen LogP contribution in [0.25, 0.3) is 0 Å². The van der Waals surface area contributed by atoms with E-state index in [1.807, 2.05) is 0 Å². The van der Waals surface area contributed by atoms with Crippen LogP contribution in [0.5, 0.6) is 0 Å². The van der Waals surface area contributed by atoms with Gasteiger partial charge in [-0.2, -0.15) is 0 Å². The van der Waals surface area contributed by atoms with Crippen LogP contribution < -0.4 is 5.32 Å². The van der Waals surface area contributed by atoms with Gasteiger partial charge in [-0.25, -0.2) is 0 Å². The molecule has 0 aromatic carbocycles. The first-order valence-corrected chi connectivity index (χ1v) is 33.4. The fraction of sp³-hybridized carbons (Fsp3) is 0.940. The van der Waals surface area contributed by atoms with Crippen LogP contribution >= 0.6 is 0 Å². The van der Waals surface area contributed by atoms with Crippen LogP contribution in [0.4, 0.5) is 0 Å². The van der Waals surface area contributed by atoms with E-state index in [0.717, 1.165) is 44.9 Å². The van der Waals surface area contributed by atoms with Crippen molar-refractivity contribution < 1.29 is 24.5 Å². The summed E-state index contributed by atoms with van der Waals surface area (Å²) in [6.45, 7) is 4.97. The first kappa shape index (κ1) is 71.6. The maximum Gasteiger partial charge on any atom is 0.305 e. The Morgan fingerprint density at radius 2 is 0.644 bits per heavy atom. The average molecular weight is 1030 g/mol. The molecule has 0 fully saturated rings. The average Bonchev–Trinajstić information content (AvgIpc) is 3.39. The van der Waals surface area contributed by atoms with Crippen LogP contribution in [0.1, 0.15) is 380 Å². The van der Waals surface area contributed by atoms with Gasteiger partial charge in [-0.3, -0.25) is 9.59 Å². The van der Waals surface area contributed by atoms with Crippen LogP contribution in [0.2, 0.25) is 0 Å². The lowest BCUT2D eigenvalue weighted by atomic mass is 10.0. The molecule has 434 valence electrons. The number of allylic oxidation sites excluding steroid dienone is 2. The smallest absolute Gasteiger partial charge is 0.305 e. The van der Waals surface area contributed by atoms with Crippen molar-refractivity contribution in [3.05, 3.63) is 12.2 Å². The van der Waals surface area contributed by atoms with E-state index in [-0.39, 0.29) is 18.5 Å². The van der Waals surface area contributed by atoms with Gasteiger partial charge in [0.05, 0.1) is 25.4 Å². The Hall–Kier alpha value is -1.40. The van der Waals surface area contributed by atoms with Gasteiger partial charge in [0.1, 0.15) is 0 Å². The summed E-state index contributed by atoms with van der Waals surface area (Å²) in [6.07, 6.45) is 76.6. The quantitative estimate of drug-likeness (QED) is 0.0320. The summed E-state index contributed by atoms with van der Waals surface area (Å²) < 4.78 is 5.48. The first-order chi connectivity index (χ1) is 36.0. The molecule has 6 heteroatoms. The molecule has 0 saturated carbocycles. The van der Waals surface area contributed by atoms with Gasteiger partial charge in [-0.1, -0.05) is 328 Å². The molecule has 0 aromatic heterocycles. The molecular weight excluding hydrogens is 899 g/mol. The van der Waals surface area contributed by atoms with Gasteiger partial charge in [0, 0.05) is 12.8 Å². The largest absolute Gasteiger partial charge is 0.466 e. The van der Waals surface area contributed by atoms with Crippen LogP contribution in [0.15, 0.2) is 12.2 Å². The van der Waals surface area contributed by atoms with E-state index >= 15 is 0 Å². The molecule has 0 radical (unpaired) electrons. The molecule has 0 saturated heterocycles. The minimum atomic E-state index is -0.665. The predicted octanol–water partition coefficient (Wildman–Crippen LogP) is 21.2. The van der Waals surface area contributed by atoms with Crippen LogP contribution in [-0.2, 0) is 14.3 Å². The summed E-state index contributed by atoms with van der Waals surface area (Å²) in [4.78, 5) is 24.6. The van der Waals surface area contributed by atoms with E-state index in [4.69, 9.17) is 4.74 Å². The molecule has 0 spiro atoms. The van der Waals surface area contributed by atoms with E-state index < -0.39 is 12.1 Å². The van der Waals surface area contributed by atoms with Crippen molar-refractivity contribution in [3.63, 3.8) is 0 Å². The Labute approximate surface area is 457 Å². The minimum absolute atomic E-state index is 0.00504. The summed E-state index contributed by atoms with van der Waals surface area (Å²) in [5, 5.41) is 23.4. The number of aliphatic hydroxyl groups is 2. The third-order valence-electron chi connectivity index (χ3n) is 15.8. The Morgan fingerprint density at radius 3 is 0.986 bits per heavy atom. The maximum absolute atomic E-state index is 12.5. The molecule has 0 rings (SSSR count). The summed E-state index contributed by atoms with van der Waals surface area (Å²) in [5.74, 6) is -0.0257. The maximum atomic E-state index is 12.5. The fourth-order valence-corrected chi connectivity index (χ4v) is 10.7. The Balaban J connectivity index is 3.38. The molecule has 0 aliphatic carbocycles. The zero-order valence-corrected chi connectivity index (χ0v) is 49.6. The van der Waals surface area contributed by atoms with Gasteiger partial charge in [0.2, 0.25) is 5.91 Å². The number of carbonyl (C=O) groups excluding carboxylic acids is 2. The van der Waals surface area contributed by atoms with Crippen molar-refractivity contribution in [1.82, 2.24) is 5.32 Å². The summed E-state index contributed by atoms with van der Waals surface area (Å²) in [7, 11) is 0. The molecule has 2 unspecified atom stereocenters. The molecule has 6 nitrogen and oxygen atoms in total. The first-order valence-electron chi connectivity index (χ1n) is 33.4. The van der Waals surface area contributed by atoms with E-state index in [0.29, 0.717) is 25.9 Å². The van der Waals surface area contributed by atoms with E-state index in [1.165, 1.54) is 302 Å². The van der Waals surface area contributed by atoms with E-state index in [9.17, 15) is 19.8 Å². The normalized spacial score (nSPS) is 12.5. The monoisotopic (exact) mass is 1030 g/mol. The van der Waals surface area contributed by atoms with Gasteiger partial charge >= 0.3 is 5.97 Å². The number of amides is 1. The van der Waals surface area contributed by atoms with Gasteiger partial charge in [-0.15, -0.1) is 0 Å². The van der Waals surface area contributed by atoms with Crippen molar-refractivity contribution in [2.75, 3.05) is 13.2 Å². The number of hydrogen-bond donors (Lipinski definition) is 3. The number of unbranched alkanes of at least 4 members (excludes halogenated alkanes) is 50. The number of carbonyl (C=O) groups is 2. The van der Waals surface area contributed by atoms with Crippen molar-refractivity contribution in [3.8, 4) is 0 Å². The second kappa shape index (κ2) is 63.1. The standard InChI is InChI=1S/C67H131NO5/c1-3-5-7-9-11-13-15-17-18-19-20-23-26-29-32-36-39-43-47-51-55-59-65(70)64(63-69)68-66(71)60-56-52-48-44-40-37-33-30-27-24-21-22-25-28-31-34-38-42-46-50-54-58-62-73-67(72)61-57-53-49-45-41-35-16-14-12-10-8-6-4-2/h14,16,64-65,69-70H,3-13,15,17-63H2,1-2H3,(H,68,71)/b16-14-. The number of rotatable bonds is 63. The number of esters is 1. The zero-order valence-electron chi connectivity index (χ0n) is 49.6. The highest BCUT2D eigenvalue weighted by Gasteiger charge is 2.20. The molecule has 0 aromatic rings. The predicted molar refractivity (Wildman–Crippen MR) is 320 cm³/mol. The third kappa shape index (κ3) is 59.7. The second-order valence-electron chi connectivity index (χ2n) is 23.2. The molecule has 0 bridgehead atoms. The summed E-state index contributed by atoms with van der Waals surface area (Å²) in [6, 6.07) is -0.542. The number of ether oxygens (including phenoxy) is 1. The van der Waals surface area contributed by atoms with Crippen molar-refractivity contribution in [1.29, 1.82) is 0 Å². The molecular formula is C67H131NO5. The topological polar surface area (TPSA) is 95.9 Å². The lowest BCUT2D eigenvalue weighted by Crippen LogP contribution is -2.45. The van der Waals surface area contributed by atoms with Gasteiger partial charge < -0.3 is 20.3 Å². The van der Waals surface area contributed by atoms with E-state index in [1.54, 1.807) is 0 Å². The Morgan fingerprint density at radius 1 is 0.370 bits per heavy atom. The van der Waals surface area contributed by atoms with Crippen LogP contribution in [0.3, 0.4) is 0 Å². The highest BCUT2D eigenvalue weighted by Crippen LogP contribution is 2.19. The van der Waals surface area contributed by atoms with Gasteiger partial charge in [0.25, 0.3) is 0 Å².